The second-order valence-corrected chi connectivity index (χ2v) is 5.59. The van der Waals surface area contributed by atoms with Gasteiger partial charge in [-0.15, -0.1) is 0 Å². The lowest BCUT2D eigenvalue weighted by molar-refractivity contribution is -0.133. The summed E-state index contributed by atoms with van der Waals surface area (Å²) >= 11 is 0. The van der Waals surface area contributed by atoms with Gasteiger partial charge in [0, 0.05) is 25.7 Å². The van der Waals surface area contributed by atoms with Crippen molar-refractivity contribution in [2.45, 2.75) is 43.9 Å². The highest BCUT2D eigenvalue weighted by molar-refractivity contribution is 5.81. The molecule has 0 saturated carbocycles. The fourth-order valence-corrected chi connectivity index (χ4v) is 2.82. The van der Waals surface area contributed by atoms with E-state index in [9.17, 15) is 9.59 Å². The molecule has 2 aliphatic heterocycles. The number of ether oxygens (including phenoxy) is 1. The molecule has 2 rings (SSSR count). The fourth-order valence-electron chi connectivity index (χ4n) is 2.82. The van der Waals surface area contributed by atoms with Crippen LogP contribution in [-0.4, -0.2) is 61.1 Å². The summed E-state index contributed by atoms with van der Waals surface area (Å²) in [5.74, 6) is -0.339. The molecule has 0 spiro atoms. The first kappa shape index (κ1) is 15.2. The number of hydrogen-bond donors (Lipinski definition) is 3. The fraction of sp³-hybridized carbons (Fsp3) is 0.846. The van der Waals surface area contributed by atoms with Crippen molar-refractivity contribution in [3.05, 3.63) is 0 Å². The van der Waals surface area contributed by atoms with Gasteiger partial charge in [0.15, 0.2) is 0 Å². The van der Waals surface area contributed by atoms with Gasteiger partial charge < -0.3 is 21.5 Å². The largest absolute Gasteiger partial charge is 0.369 e. The minimum absolute atomic E-state index is 0.0168. The van der Waals surface area contributed by atoms with Crippen LogP contribution in [0.4, 0.5) is 0 Å². The number of primary amides is 1. The summed E-state index contributed by atoms with van der Waals surface area (Å²) in [4.78, 5) is 24.9. The highest BCUT2D eigenvalue weighted by Crippen LogP contribution is 2.19. The molecule has 2 unspecified atom stereocenters. The van der Waals surface area contributed by atoms with Crippen molar-refractivity contribution in [1.29, 1.82) is 0 Å². The number of hydrogen-bond acceptors (Lipinski definition) is 5. The quantitative estimate of drug-likeness (QED) is 0.572. The van der Waals surface area contributed by atoms with Gasteiger partial charge in [0.05, 0.1) is 12.6 Å². The highest BCUT2D eigenvalue weighted by Gasteiger charge is 2.31. The first-order chi connectivity index (χ1) is 9.58. The Labute approximate surface area is 119 Å². The van der Waals surface area contributed by atoms with Crippen LogP contribution in [0.5, 0.6) is 0 Å². The van der Waals surface area contributed by atoms with Gasteiger partial charge in [-0.05, 0) is 25.7 Å². The van der Waals surface area contributed by atoms with Crippen molar-refractivity contribution in [3.8, 4) is 0 Å². The van der Waals surface area contributed by atoms with Crippen LogP contribution in [-0.2, 0) is 14.3 Å². The van der Waals surface area contributed by atoms with Crippen LogP contribution in [0.2, 0.25) is 0 Å². The van der Waals surface area contributed by atoms with Crippen molar-refractivity contribution in [3.63, 3.8) is 0 Å². The predicted octanol–water partition coefficient (Wildman–Crippen LogP) is -1.44. The van der Waals surface area contributed by atoms with Crippen LogP contribution < -0.4 is 16.8 Å². The molecule has 2 heterocycles. The third-order valence-electron chi connectivity index (χ3n) is 3.98. The second kappa shape index (κ2) is 7.01. The van der Waals surface area contributed by atoms with Crippen LogP contribution >= 0.6 is 0 Å². The standard InChI is InChI=1S/C13H24N4O3/c14-7-10-1-2-11(20-10)13(19)16-9-3-5-17(6-4-9)8-12(15)18/h9-11H,1-8,14H2,(H2,15,18)(H,16,19). The van der Waals surface area contributed by atoms with Gasteiger partial charge in [0.25, 0.3) is 0 Å². The number of nitrogens with two attached hydrogens (primary N) is 2. The second-order valence-electron chi connectivity index (χ2n) is 5.59. The molecule has 2 amide bonds. The molecule has 2 saturated heterocycles. The molecule has 2 atom stereocenters. The van der Waals surface area contributed by atoms with E-state index < -0.39 is 0 Å². The number of nitrogens with zero attached hydrogens (tertiary/aromatic N) is 1. The topological polar surface area (TPSA) is 111 Å². The van der Waals surface area contributed by atoms with Crippen molar-refractivity contribution in [1.82, 2.24) is 10.2 Å². The predicted molar refractivity (Wildman–Crippen MR) is 73.7 cm³/mol. The molecular weight excluding hydrogens is 260 g/mol. The third kappa shape index (κ3) is 4.16. The SMILES string of the molecule is NCC1CCC(C(=O)NC2CCN(CC(N)=O)CC2)O1. The van der Waals surface area contributed by atoms with E-state index in [2.05, 4.69) is 5.32 Å². The normalized spacial score (nSPS) is 28.4. The zero-order valence-electron chi connectivity index (χ0n) is 11.7. The Hall–Kier alpha value is -1.18. The smallest absolute Gasteiger partial charge is 0.249 e. The van der Waals surface area contributed by atoms with Crippen molar-refractivity contribution in [2.75, 3.05) is 26.2 Å². The van der Waals surface area contributed by atoms with Crippen LogP contribution in [0.3, 0.4) is 0 Å². The van der Waals surface area contributed by atoms with E-state index in [1.165, 1.54) is 0 Å². The molecule has 2 aliphatic rings. The summed E-state index contributed by atoms with van der Waals surface area (Å²) in [7, 11) is 0. The number of carbonyl (C=O) groups excluding carboxylic acids is 2. The van der Waals surface area contributed by atoms with Gasteiger partial charge in [-0.2, -0.15) is 0 Å². The van der Waals surface area contributed by atoms with E-state index in [0.29, 0.717) is 13.1 Å². The molecule has 0 radical (unpaired) electrons. The van der Waals surface area contributed by atoms with Gasteiger partial charge in [0.1, 0.15) is 6.10 Å². The van der Waals surface area contributed by atoms with Crippen LogP contribution in [0.25, 0.3) is 0 Å². The third-order valence-corrected chi connectivity index (χ3v) is 3.98. The van der Waals surface area contributed by atoms with Crippen LogP contribution in [0, 0.1) is 0 Å². The van der Waals surface area contributed by atoms with Crippen LogP contribution in [0.1, 0.15) is 25.7 Å². The summed E-state index contributed by atoms with van der Waals surface area (Å²) in [5, 5.41) is 3.03. The number of nitrogens with one attached hydrogen (secondary N) is 1. The van der Waals surface area contributed by atoms with Gasteiger partial charge in [0.2, 0.25) is 11.8 Å². The first-order valence-electron chi connectivity index (χ1n) is 7.25. The van der Waals surface area contributed by atoms with E-state index in [1.807, 2.05) is 4.90 Å². The molecule has 5 N–H and O–H groups in total. The molecule has 20 heavy (non-hydrogen) atoms. The minimum atomic E-state index is -0.354. The van der Waals surface area contributed by atoms with E-state index in [1.54, 1.807) is 0 Å². The average Bonchev–Trinajstić information content (AvgIpc) is 2.89. The zero-order chi connectivity index (χ0) is 14.5. The number of carbonyl (C=O) groups is 2. The van der Waals surface area contributed by atoms with Crippen molar-refractivity contribution >= 4 is 11.8 Å². The highest BCUT2D eigenvalue weighted by atomic mass is 16.5. The van der Waals surface area contributed by atoms with Crippen LogP contribution in [0.15, 0.2) is 0 Å². The number of rotatable bonds is 5. The maximum absolute atomic E-state index is 12.1. The summed E-state index contributed by atoms with van der Waals surface area (Å²) in [5.41, 5.74) is 10.7. The molecule has 7 heteroatoms. The number of likely N-dealkylation sites (tertiary alicyclic amines) is 1. The molecule has 114 valence electrons. The van der Waals surface area contributed by atoms with Gasteiger partial charge in [-0.25, -0.2) is 0 Å². The van der Waals surface area contributed by atoms with Gasteiger partial charge in [-0.3, -0.25) is 14.5 Å². The Morgan fingerprint density at radius 2 is 1.90 bits per heavy atom. The van der Waals surface area contributed by atoms with Crippen molar-refractivity contribution in [2.24, 2.45) is 11.5 Å². The molecule has 0 aliphatic carbocycles. The number of amides is 2. The first-order valence-corrected chi connectivity index (χ1v) is 7.25. The minimum Gasteiger partial charge on any atom is -0.369 e. The monoisotopic (exact) mass is 284 g/mol. The lowest BCUT2D eigenvalue weighted by atomic mass is 10.0. The molecule has 2 fully saturated rings. The van der Waals surface area contributed by atoms with Gasteiger partial charge >= 0.3 is 0 Å². The summed E-state index contributed by atoms with van der Waals surface area (Å²) in [6, 6.07) is 0.159. The lowest BCUT2D eigenvalue weighted by Crippen LogP contribution is -2.49. The molecule has 0 aromatic carbocycles. The summed E-state index contributed by atoms with van der Waals surface area (Å²) < 4.78 is 5.58. The Bertz CT molecular complexity index is 356. The summed E-state index contributed by atoms with van der Waals surface area (Å²) in [6.45, 7) is 2.33. The molecule has 0 aromatic rings. The summed E-state index contributed by atoms with van der Waals surface area (Å²) in [6.07, 6.45) is 2.94. The lowest BCUT2D eigenvalue weighted by Gasteiger charge is -2.31. The van der Waals surface area contributed by atoms with Gasteiger partial charge in [-0.1, -0.05) is 0 Å². The van der Waals surface area contributed by atoms with E-state index in [4.69, 9.17) is 16.2 Å². The van der Waals surface area contributed by atoms with E-state index in [-0.39, 0.29) is 30.1 Å². The average molecular weight is 284 g/mol. The maximum atomic E-state index is 12.1. The Morgan fingerprint density at radius 3 is 2.45 bits per heavy atom. The maximum Gasteiger partial charge on any atom is 0.249 e. The van der Waals surface area contributed by atoms with E-state index >= 15 is 0 Å². The van der Waals surface area contributed by atoms with Crippen molar-refractivity contribution < 1.29 is 14.3 Å². The Morgan fingerprint density at radius 1 is 1.20 bits per heavy atom. The Kier molecular flexibility index (Phi) is 5.33. The molecule has 0 aromatic heterocycles. The molecular formula is C13H24N4O3. The zero-order valence-corrected chi connectivity index (χ0v) is 11.7. The molecule has 7 nitrogen and oxygen atoms in total. The molecule has 0 bridgehead atoms. The van der Waals surface area contributed by atoms with E-state index in [0.717, 1.165) is 38.8 Å². The number of piperidine rings is 1. The Balaban J connectivity index is 1.70.